The highest BCUT2D eigenvalue weighted by Crippen LogP contribution is 2.37. The first-order valence-corrected chi connectivity index (χ1v) is 5.98. The highest BCUT2D eigenvalue weighted by atomic mass is 19.4. The maximum Gasteiger partial charge on any atom is 0.419 e. The van der Waals surface area contributed by atoms with E-state index in [2.05, 4.69) is 11.2 Å². The van der Waals surface area contributed by atoms with E-state index in [4.69, 9.17) is 16.3 Å². The number of aliphatic hydroxyl groups is 1. The van der Waals surface area contributed by atoms with Crippen LogP contribution in [0.5, 0.6) is 5.75 Å². The second-order valence-electron chi connectivity index (χ2n) is 4.17. The predicted molar refractivity (Wildman–Crippen MR) is 69.3 cm³/mol. The second-order valence-corrected chi connectivity index (χ2v) is 4.17. The summed E-state index contributed by atoms with van der Waals surface area (Å²) in [5.41, 5.74) is -0.954. The van der Waals surface area contributed by atoms with E-state index in [0.717, 1.165) is 12.1 Å². The lowest BCUT2D eigenvalue weighted by Gasteiger charge is -2.18. The number of halogens is 3. The molecule has 1 aromatic carbocycles. The number of rotatable bonds is 5. The first-order valence-electron chi connectivity index (χ1n) is 5.98. The van der Waals surface area contributed by atoms with Gasteiger partial charge in [-0.25, -0.2) is 0 Å². The Bertz CT molecular complexity index is 549. The highest BCUT2D eigenvalue weighted by molar-refractivity contribution is 5.80. The number of terminal acetylenes is 1. The number of alkyl halides is 3. The fourth-order valence-electron chi connectivity index (χ4n) is 1.53. The Hall–Kier alpha value is -2.20. The fraction of sp³-hybridized carbons (Fsp3) is 0.357. The Morgan fingerprint density at radius 3 is 2.71 bits per heavy atom. The van der Waals surface area contributed by atoms with Crippen molar-refractivity contribution in [3.63, 3.8) is 0 Å². The summed E-state index contributed by atoms with van der Waals surface area (Å²) in [4.78, 5) is 11.5. The molecule has 21 heavy (non-hydrogen) atoms. The maximum atomic E-state index is 12.9. The number of amides is 1. The van der Waals surface area contributed by atoms with E-state index in [-0.39, 0.29) is 12.1 Å². The molecule has 2 N–H and O–H groups in total. The van der Waals surface area contributed by atoms with Gasteiger partial charge < -0.3 is 15.2 Å². The van der Waals surface area contributed by atoms with Crippen molar-refractivity contribution in [2.45, 2.75) is 25.8 Å². The lowest BCUT2D eigenvalue weighted by Crippen LogP contribution is -2.36. The molecule has 0 saturated carbocycles. The number of ether oxygens (including phenoxy) is 1. The summed E-state index contributed by atoms with van der Waals surface area (Å²) in [6.45, 7) is 0.746. The Morgan fingerprint density at radius 1 is 1.52 bits per heavy atom. The van der Waals surface area contributed by atoms with Gasteiger partial charge in [-0.05, 0) is 24.6 Å². The van der Waals surface area contributed by atoms with Gasteiger partial charge in [-0.1, -0.05) is 12.0 Å². The van der Waals surface area contributed by atoms with E-state index >= 15 is 0 Å². The lowest BCUT2D eigenvalue weighted by atomic mass is 10.1. The van der Waals surface area contributed by atoms with E-state index in [0.29, 0.717) is 0 Å². The molecule has 0 aliphatic rings. The van der Waals surface area contributed by atoms with Crippen LogP contribution in [0.15, 0.2) is 18.2 Å². The Balaban J connectivity index is 2.97. The zero-order chi connectivity index (χ0) is 16.0. The Kier molecular flexibility index (Phi) is 5.61. The van der Waals surface area contributed by atoms with E-state index in [9.17, 15) is 18.0 Å². The summed E-state index contributed by atoms with van der Waals surface area (Å²) in [5, 5.41) is 11.2. The van der Waals surface area contributed by atoms with Gasteiger partial charge in [-0.2, -0.15) is 13.2 Å². The number of benzene rings is 1. The van der Waals surface area contributed by atoms with Crippen LogP contribution in [0.1, 0.15) is 18.1 Å². The Morgan fingerprint density at radius 2 is 2.19 bits per heavy atom. The van der Waals surface area contributed by atoms with Crippen LogP contribution in [-0.4, -0.2) is 23.7 Å². The minimum atomic E-state index is -4.66. The molecule has 1 aromatic rings. The van der Waals surface area contributed by atoms with E-state index in [1.165, 1.54) is 13.0 Å². The SMILES string of the molecule is C#CCNC(=O)C(C)Oc1ccc(CO)cc1C(F)(F)F. The van der Waals surface area contributed by atoms with Crippen molar-refractivity contribution >= 4 is 5.91 Å². The largest absolute Gasteiger partial charge is 0.480 e. The quantitative estimate of drug-likeness (QED) is 0.814. The summed E-state index contributed by atoms with van der Waals surface area (Å²) in [5.74, 6) is 1.07. The van der Waals surface area contributed by atoms with Crippen molar-refractivity contribution in [3.05, 3.63) is 29.3 Å². The highest BCUT2D eigenvalue weighted by Gasteiger charge is 2.35. The zero-order valence-electron chi connectivity index (χ0n) is 11.2. The molecule has 7 heteroatoms. The first kappa shape index (κ1) is 16.9. The van der Waals surface area contributed by atoms with Gasteiger partial charge in [0.1, 0.15) is 5.75 Å². The third-order valence-corrected chi connectivity index (χ3v) is 2.57. The molecule has 0 bridgehead atoms. The molecule has 0 radical (unpaired) electrons. The van der Waals surface area contributed by atoms with E-state index in [1.54, 1.807) is 0 Å². The first-order chi connectivity index (χ1) is 9.79. The van der Waals surface area contributed by atoms with Gasteiger partial charge in [0.2, 0.25) is 0 Å². The van der Waals surface area contributed by atoms with Gasteiger partial charge in [0.05, 0.1) is 18.7 Å². The molecule has 0 heterocycles. The van der Waals surface area contributed by atoms with E-state index in [1.807, 2.05) is 0 Å². The van der Waals surface area contributed by atoms with Gasteiger partial charge in [-0.15, -0.1) is 6.42 Å². The number of carbonyl (C=O) groups is 1. The number of hydrogen-bond donors (Lipinski definition) is 2. The van der Waals surface area contributed by atoms with Crippen LogP contribution in [0, 0.1) is 12.3 Å². The van der Waals surface area contributed by atoms with Crippen molar-refractivity contribution in [2.75, 3.05) is 6.54 Å². The second kappa shape index (κ2) is 6.99. The van der Waals surface area contributed by atoms with Gasteiger partial charge >= 0.3 is 6.18 Å². The third-order valence-electron chi connectivity index (χ3n) is 2.57. The normalized spacial score (nSPS) is 12.4. The molecule has 0 aromatic heterocycles. The van der Waals surface area contributed by atoms with Crippen molar-refractivity contribution in [1.82, 2.24) is 5.32 Å². The number of nitrogens with one attached hydrogen (secondary N) is 1. The molecule has 1 rings (SSSR count). The van der Waals surface area contributed by atoms with Crippen LogP contribution in [0.25, 0.3) is 0 Å². The zero-order valence-corrected chi connectivity index (χ0v) is 11.2. The minimum Gasteiger partial charge on any atom is -0.480 e. The van der Waals surface area contributed by atoms with Crippen molar-refractivity contribution in [3.8, 4) is 18.1 Å². The molecule has 1 amide bonds. The Labute approximate surface area is 119 Å². The molecule has 114 valence electrons. The lowest BCUT2D eigenvalue weighted by molar-refractivity contribution is -0.140. The molecular weight excluding hydrogens is 287 g/mol. The summed E-state index contributed by atoms with van der Waals surface area (Å²) in [7, 11) is 0. The van der Waals surface area contributed by atoms with Crippen LogP contribution < -0.4 is 10.1 Å². The third kappa shape index (κ3) is 4.68. The van der Waals surface area contributed by atoms with Gasteiger partial charge in [-0.3, -0.25) is 4.79 Å². The van der Waals surface area contributed by atoms with Gasteiger partial charge in [0.15, 0.2) is 6.10 Å². The molecule has 0 spiro atoms. The van der Waals surface area contributed by atoms with Crippen LogP contribution in [-0.2, 0) is 17.6 Å². The van der Waals surface area contributed by atoms with Crippen LogP contribution in [0.4, 0.5) is 13.2 Å². The summed E-state index contributed by atoms with van der Waals surface area (Å²) >= 11 is 0. The maximum absolute atomic E-state index is 12.9. The number of carbonyl (C=O) groups excluding carboxylic acids is 1. The standard InChI is InChI=1S/C14H14F3NO3/c1-3-6-18-13(20)9(2)21-12-5-4-10(8-19)7-11(12)14(15,16)17/h1,4-5,7,9,19H,6,8H2,2H3,(H,18,20). The van der Waals surface area contributed by atoms with Crippen LogP contribution in [0.3, 0.4) is 0 Å². The molecular formula is C14H14F3NO3. The topological polar surface area (TPSA) is 58.6 Å². The fourth-order valence-corrected chi connectivity index (χ4v) is 1.53. The van der Waals surface area contributed by atoms with Crippen LogP contribution >= 0.6 is 0 Å². The predicted octanol–water partition coefficient (Wildman–Crippen LogP) is 1.71. The molecule has 0 saturated heterocycles. The van der Waals surface area contributed by atoms with Gasteiger partial charge in [0.25, 0.3) is 5.91 Å². The van der Waals surface area contributed by atoms with Crippen molar-refractivity contribution in [2.24, 2.45) is 0 Å². The van der Waals surface area contributed by atoms with E-state index < -0.39 is 36.1 Å². The monoisotopic (exact) mass is 301 g/mol. The molecule has 4 nitrogen and oxygen atoms in total. The smallest absolute Gasteiger partial charge is 0.419 e. The summed E-state index contributed by atoms with van der Waals surface area (Å²) < 4.78 is 43.8. The summed E-state index contributed by atoms with van der Waals surface area (Å²) in [6.07, 6.45) is -0.832. The van der Waals surface area contributed by atoms with Crippen molar-refractivity contribution in [1.29, 1.82) is 0 Å². The molecule has 0 aliphatic heterocycles. The average molecular weight is 301 g/mol. The van der Waals surface area contributed by atoms with Crippen molar-refractivity contribution < 1.29 is 27.8 Å². The molecule has 0 aliphatic carbocycles. The van der Waals surface area contributed by atoms with Gasteiger partial charge in [0, 0.05) is 0 Å². The average Bonchev–Trinajstić information content (AvgIpc) is 2.43. The number of aliphatic hydroxyl groups excluding tert-OH is 1. The molecule has 1 unspecified atom stereocenters. The molecule has 1 atom stereocenters. The minimum absolute atomic E-state index is 0.0396. The summed E-state index contributed by atoms with van der Waals surface area (Å²) in [6, 6.07) is 3.14. The molecule has 0 fully saturated rings. The number of hydrogen-bond acceptors (Lipinski definition) is 3. The van der Waals surface area contributed by atoms with Crippen LogP contribution in [0.2, 0.25) is 0 Å².